The van der Waals surface area contributed by atoms with Gasteiger partial charge in [0.25, 0.3) is 5.91 Å². The predicted molar refractivity (Wildman–Crippen MR) is 93.9 cm³/mol. The molecule has 1 aliphatic heterocycles. The monoisotopic (exact) mass is 327 g/mol. The molecule has 0 radical (unpaired) electrons. The van der Waals surface area contributed by atoms with Gasteiger partial charge in [-0.05, 0) is 31.8 Å². The first-order valence-electron chi connectivity index (χ1n) is 8.31. The standard InChI is InChI=1S/C19H25N3O2/c1-20(2)14-17-18(15-8-5-4-6-9-15)22(12-13-24-17)19(23)16-10-7-11-21(16)3/h4-11,17-18H,12-14H2,1-3H3/t17-,18-/m0/s1. The molecule has 1 aromatic carbocycles. The van der Waals surface area contributed by atoms with Crippen molar-refractivity contribution in [2.75, 3.05) is 33.8 Å². The Morgan fingerprint density at radius 3 is 2.58 bits per heavy atom. The molecule has 24 heavy (non-hydrogen) atoms. The van der Waals surface area contributed by atoms with Crippen LogP contribution in [0.4, 0.5) is 0 Å². The number of rotatable bonds is 4. The van der Waals surface area contributed by atoms with Gasteiger partial charge in [0.2, 0.25) is 0 Å². The van der Waals surface area contributed by atoms with E-state index in [0.717, 1.165) is 12.1 Å². The van der Waals surface area contributed by atoms with E-state index in [4.69, 9.17) is 4.74 Å². The van der Waals surface area contributed by atoms with Gasteiger partial charge in [0, 0.05) is 26.3 Å². The minimum Gasteiger partial charge on any atom is -0.373 e. The topological polar surface area (TPSA) is 37.7 Å². The lowest BCUT2D eigenvalue weighted by Gasteiger charge is -2.42. The Morgan fingerprint density at radius 2 is 1.96 bits per heavy atom. The molecule has 1 amide bonds. The highest BCUT2D eigenvalue weighted by molar-refractivity contribution is 5.93. The van der Waals surface area contributed by atoms with Crippen molar-refractivity contribution in [3.63, 3.8) is 0 Å². The van der Waals surface area contributed by atoms with Crippen molar-refractivity contribution < 1.29 is 9.53 Å². The smallest absolute Gasteiger partial charge is 0.271 e. The molecule has 1 aromatic heterocycles. The van der Waals surface area contributed by atoms with Gasteiger partial charge in [0.1, 0.15) is 5.69 Å². The molecule has 3 rings (SSSR count). The van der Waals surface area contributed by atoms with E-state index in [9.17, 15) is 4.79 Å². The van der Waals surface area contributed by atoms with Crippen molar-refractivity contribution in [2.45, 2.75) is 12.1 Å². The molecule has 5 heteroatoms. The zero-order valence-corrected chi connectivity index (χ0v) is 14.6. The summed E-state index contributed by atoms with van der Waals surface area (Å²) in [6, 6.07) is 13.9. The lowest BCUT2D eigenvalue weighted by molar-refractivity contribution is -0.0686. The highest BCUT2D eigenvalue weighted by atomic mass is 16.5. The third kappa shape index (κ3) is 3.37. The first-order valence-corrected chi connectivity index (χ1v) is 8.31. The maximum Gasteiger partial charge on any atom is 0.271 e. The molecule has 0 unspecified atom stereocenters. The number of carbonyl (C=O) groups is 1. The number of aryl methyl sites for hydroxylation is 1. The first-order chi connectivity index (χ1) is 11.6. The van der Waals surface area contributed by atoms with Gasteiger partial charge in [0.05, 0.1) is 18.8 Å². The second-order valence-corrected chi connectivity index (χ2v) is 6.53. The van der Waals surface area contributed by atoms with E-state index in [1.807, 2.05) is 67.1 Å². The highest BCUT2D eigenvalue weighted by Crippen LogP contribution is 2.31. The van der Waals surface area contributed by atoms with Crippen LogP contribution in [0.5, 0.6) is 0 Å². The number of benzene rings is 1. The summed E-state index contributed by atoms with van der Waals surface area (Å²) in [5, 5.41) is 0. The number of likely N-dealkylation sites (N-methyl/N-ethyl adjacent to an activating group) is 1. The predicted octanol–water partition coefficient (Wildman–Crippen LogP) is 2.17. The number of carbonyl (C=O) groups excluding carboxylic acids is 1. The molecule has 128 valence electrons. The maximum absolute atomic E-state index is 13.1. The fourth-order valence-corrected chi connectivity index (χ4v) is 3.35. The zero-order chi connectivity index (χ0) is 17.1. The van der Waals surface area contributed by atoms with Crippen molar-refractivity contribution in [3.8, 4) is 0 Å². The van der Waals surface area contributed by atoms with Crippen LogP contribution >= 0.6 is 0 Å². The fourth-order valence-electron chi connectivity index (χ4n) is 3.35. The molecular formula is C19H25N3O2. The summed E-state index contributed by atoms with van der Waals surface area (Å²) < 4.78 is 7.92. The Balaban J connectivity index is 1.96. The molecule has 2 heterocycles. The van der Waals surface area contributed by atoms with Crippen molar-refractivity contribution in [2.24, 2.45) is 7.05 Å². The van der Waals surface area contributed by atoms with E-state index in [1.54, 1.807) is 0 Å². The van der Waals surface area contributed by atoms with Gasteiger partial charge >= 0.3 is 0 Å². The second-order valence-electron chi connectivity index (χ2n) is 6.53. The quantitative estimate of drug-likeness (QED) is 0.864. The number of nitrogens with zero attached hydrogens (tertiary/aromatic N) is 3. The van der Waals surface area contributed by atoms with E-state index in [1.165, 1.54) is 0 Å². The Labute approximate surface area is 143 Å². The molecule has 1 saturated heterocycles. The molecule has 2 atom stereocenters. The summed E-state index contributed by atoms with van der Waals surface area (Å²) in [6.45, 7) is 1.95. The van der Waals surface area contributed by atoms with Gasteiger partial charge in [-0.1, -0.05) is 30.3 Å². The molecule has 1 fully saturated rings. The number of hydrogen-bond donors (Lipinski definition) is 0. The summed E-state index contributed by atoms with van der Waals surface area (Å²) in [7, 11) is 5.97. The van der Waals surface area contributed by atoms with Crippen molar-refractivity contribution >= 4 is 5.91 Å². The molecule has 0 N–H and O–H groups in total. The molecule has 2 aromatic rings. The molecule has 0 aliphatic carbocycles. The largest absolute Gasteiger partial charge is 0.373 e. The van der Waals surface area contributed by atoms with Crippen LogP contribution in [0.2, 0.25) is 0 Å². The molecular weight excluding hydrogens is 302 g/mol. The average molecular weight is 327 g/mol. The Kier molecular flexibility index (Phi) is 5.02. The third-order valence-corrected chi connectivity index (χ3v) is 4.46. The van der Waals surface area contributed by atoms with Crippen LogP contribution in [-0.4, -0.2) is 60.2 Å². The Hall–Kier alpha value is -2.11. The van der Waals surface area contributed by atoms with Crippen molar-refractivity contribution in [3.05, 3.63) is 59.9 Å². The van der Waals surface area contributed by atoms with Gasteiger partial charge in [-0.3, -0.25) is 4.79 Å². The number of aromatic nitrogens is 1. The summed E-state index contributed by atoms with van der Waals surface area (Å²) in [5.41, 5.74) is 1.83. The normalized spacial score (nSPS) is 21.2. The number of amides is 1. The summed E-state index contributed by atoms with van der Waals surface area (Å²) in [6.07, 6.45) is 1.86. The summed E-state index contributed by atoms with van der Waals surface area (Å²) in [5.74, 6) is 0.0587. The van der Waals surface area contributed by atoms with Crippen LogP contribution in [0.1, 0.15) is 22.1 Å². The van der Waals surface area contributed by atoms with Crippen LogP contribution < -0.4 is 0 Å². The zero-order valence-electron chi connectivity index (χ0n) is 14.6. The molecule has 0 saturated carbocycles. The lowest BCUT2D eigenvalue weighted by Crippen LogP contribution is -2.51. The van der Waals surface area contributed by atoms with Gasteiger partial charge in [-0.2, -0.15) is 0 Å². The Morgan fingerprint density at radius 1 is 1.21 bits per heavy atom. The average Bonchev–Trinajstić information content (AvgIpc) is 3.00. The van der Waals surface area contributed by atoms with Crippen LogP contribution in [0.3, 0.4) is 0 Å². The molecule has 0 spiro atoms. The number of hydrogen-bond acceptors (Lipinski definition) is 3. The van der Waals surface area contributed by atoms with E-state index >= 15 is 0 Å². The third-order valence-electron chi connectivity index (χ3n) is 4.46. The Bertz CT molecular complexity index is 681. The van der Waals surface area contributed by atoms with Crippen molar-refractivity contribution in [1.29, 1.82) is 0 Å². The van der Waals surface area contributed by atoms with Crippen LogP contribution in [0, 0.1) is 0 Å². The highest BCUT2D eigenvalue weighted by Gasteiger charge is 2.37. The molecule has 1 aliphatic rings. The van der Waals surface area contributed by atoms with Crippen LogP contribution in [-0.2, 0) is 11.8 Å². The fraction of sp³-hybridized carbons (Fsp3) is 0.421. The van der Waals surface area contributed by atoms with Gasteiger partial charge in [0.15, 0.2) is 0 Å². The van der Waals surface area contributed by atoms with E-state index in [-0.39, 0.29) is 18.1 Å². The summed E-state index contributed by atoms with van der Waals surface area (Å²) in [4.78, 5) is 17.2. The van der Waals surface area contributed by atoms with E-state index in [0.29, 0.717) is 18.8 Å². The number of morpholine rings is 1. The van der Waals surface area contributed by atoms with Gasteiger partial charge in [-0.25, -0.2) is 0 Å². The van der Waals surface area contributed by atoms with Crippen LogP contribution in [0.15, 0.2) is 48.7 Å². The van der Waals surface area contributed by atoms with E-state index in [2.05, 4.69) is 17.0 Å². The SMILES string of the molecule is CN(C)C[C@@H]1OCCN(C(=O)c2cccn2C)[C@H]1c1ccccc1. The lowest BCUT2D eigenvalue weighted by atomic mass is 9.97. The van der Waals surface area contributed by atoms with Crippen LogP contribution in [0.25, 0.3) is 0 Å². The van der Waals surface area contributed by atoms with Gasteiger partial charge < -0.3 is 19.1 Å². The summed E-state index contributed by atoms with van der Waals surface area (Å²) >= 11 is 0. The first kappa shape index (κ1) is 16.7. The van der Waals surface area contributed by atoms with Crippen molar-refractivity contribution in [1.82, 2.24) is 14.4 Å². The minimum absolute atomic E-state index is 0.0413. The minimum atomic E-state index is -0.0789. The number of ether oxygens (including phenoxy) is 1. The maximum atomic E-state index is 13.1. The van der Waals surface area contributed by atoms with E-state index < -0.39 is 0 Å². The second kappa shape index (κ2) is 7.20. The van der Waals surface area contributed by atoms with Gasteiger partial charge in [-0.15, -0.1) is 0 Å². The molecule has 0 bridgehead atoms. The molecule has 5 nitrogen and oxygen atoms in total.